The first-order valence-corrected chi connectivity index (χ1v) is 38.5. The van der Waals surface area contributed by atoms with E-state index in [4.69, 9.17) is 24.3 Å². The number of aromatic nitrogens is 6. The molecule has 10 rings (SSSR count). The molecule has 23 heteroatoms. The normalized spacial score (nSPS) is 17.2. The summed E-state index contributed by atoms with van der Waals surface area (Å²) in [5.74, 6) is -0.960. The van der Waals surface area contributed by atoms with Crippen molar-refractivity contribution in [2.75, 3.05) is 61.0 Å². The number of carbonyl (C=O) groups is 4. The monoisotopic (exact) mass is 1340 g/mol. The maximum Gasteiger partial charge on any atom is 1.00 e. The van der Waals surface area contributed by atoms with Crippen molar-refractivity contribution in [1.82, 2.24) is 39.7 Å². The number of pyridine rings is 2. The van der Waals surface area contributed by atoms with E-state index in [2.05, 4.69) is 87.0 Å². The van der Waals surface area contributed by atoms with Crippen LogP contribution >= 0.6 is 22.6 Å². The molecule has 456 valence electrons. The number of hydrogen-bond donors (Lipinski definition) is 3. The van der Waals surface area contributed by atoms with E-state index in [1.165, 1.54) is 12.8 Å². The van der Waals surface area contributed by atoms with E-state index in [0.717, 1.165) is 96.5 Å². The second-order valence-corrected chi connectivity index (χ2v) is 36.1. The Kier molecular flexibility index (Phi) is 24.3. The Labute approximate surface area is 560 Å². The predicted octanol–water partition coefficient (Wildman–Crippen LogP) is 10.9. The van der Waals surface area contributed by atoms with Crippen LogP contribution in [0.3, 0.4) is 0 Å². The van der Waals surface area contributed by atoms with E-state index >= 15 is 0 Å². The number of para-hydroxylation sites is 2. The van der Waals surface area contributed by atoms with E-state index in [0.29, 0.717) is 49.3 Å². The minimum Gasteiger partial charge on any atom is -0.668 e. The van der Waals surface area contributed by atoms with Crippen molar-refractivity contribution in [1.29, 1.82) is 0 Å². The molecule has 2 aliphatic carbocycles. The Balaban J connectivity index is 0.000000230. The summed E-state index contributed by atoms with van der Waals surface area (Å²) in [6.45, 7) is 28.9. The Hall–Kier alpha value is -4.48. The Morgan fingerprint density at radius 2 is 1.05 bits per heavy atom. The molecular formula is C62H89IKN11O8Si2. The van der Waals surface area contributed by atoms with E-state index < -0.39 is 45.7 Å². The molecule has 2 aromatic carbocycles. The van der Waals surface area contributed by atoms with Crippen molar-refractivity contribution < 1.29 is 90.2 Å². The largest absolute Gasteiger partial charge is 1.00 e. The summed E-state index contributed by atoms with van der Waals surface area (Å²) in [6, 6.07) is 22.9. The number of alkyl halides is 1. The number of carbonyl (C=O) groups excluding carboxylic acids is 2. The number of carboxylic acid groups (broad SMARTS) is 2. The van der Waals surface area contributed by atoms with Gasteiger partial charge < -0.3 is 44.4 Å². The first kappa shape index (κ1) is 69.6. The minimum absolute atomic E-state index is 0. The molecule has 0 unspecified atom stereocenters. The average Bonchev–Trinajstić information content (AvgIpc) is 1.69. The van der Waals surface area contributed by atoms with Gasteiger partial charge in [-0.25, -0.2) is 38.5 Å². The molecule has 2 amide bonds. The average molecular weight is 1340 g/mol. The zero-order valence-electron chi connectivity index (χ0n) is 52.8. The number of anilines is 2. The van der Waals surface area contributed by atoms with Crippen LogP contribution in [0.2, 0.25) is 39.3 Å². The summed E-state index contributed by atoms with van der Waals surface area (Å²) < 4.78 is 19.3. The first-order valence-electron chi connectivity index (χ1n) is 29.5. The number of rotatable bonds is 14. The number of halogens is 1. The standard InChI is InChI=1S/C28H35N5O4.C27H33N5O4.C6H18NSi2.CH3I.K/c1-28(2,3)37-27(36)31(4)16-18-13-14-32(17-18)22-15-21(26(34)35)29-25-23(22)24(19-9-8-10-19)30-33(25)20-11-6-5-7-12-20;1-27(2,3)36-26(35)28-15-17-12-13-31(16-17)21-14-20(25(33)34)29-24-22(21)23(18-8-7-9-18)30-32(24)19-10-5-4-6-11-19;1-8(2,3)7-9(4,5)6;1-2;/h5-7,11-12,15,18-19H,8-10,13-14,16-17H2,1-4H3,(H,34,35);4-6,10-11,14,17-18H,7-9,12-13,15-16H2,1-3H3,(H,28,35)(H,33,34);1-6H3;1H3;/q;;-1;;+1/t18-;17-;;;/m00.../s1. The Morgan fingerprint density at radius 3 is 1.40 bits per heavy atom. The van der Waals surface area contributed by atoms with Gasteiger partial charge in [-0.1, -0.05) is 128 Å². The molecule has 2 saturated heterocycles. The Morgan fingerprint density at radius 1 is 0.647 bits per heavy atom. The van der Waals surface area contributed by atoms with Crippen molar-refractivity contribution in [3.8, 4) is 11.4 Å². The van der Waals surface area contributed by atoms with Crippen LogP contribution in [0.25, 0.3) is 38.1 Å². The van der Waals surface area contributed by atoms with Crippen molar-refractivity contribution in [3.05, 3.63) is 100 Å². The van der Waals surface area contributed by atoms with Crippen LogP contribution in [0.1, 0.15) is 137 Å². The van der Waals surface area contributed by atoms with Gasteiger partial charge in [0, 0.05) is 58.2 Å². The third-order valence-corrected chi connectivity index (χ3v) is 20.2. The van der Waals surface area contributed by atoms with Gasteiger partial charge in [0.25, 0.3) is 0 Å². The van der Waals surface area contributed by atoms with Crippen molar-refractivity contribution in [2.24, 2.45) is 11.8 Å². The van der Waals surface area contributed by atoms with Gasteiger partial charge in [0.1, 0.15) is 11.2 Å². The molecule has 4 fully saturated rings. The van der Waals surface area contributed by atoms with Crippen molar-refractivity contribution >= 4 is 96.6 Å². The fourth-order valence-electron chi connectivity index (χ4n) is 11.2. The number of aromatic carboxylic acids is 2. The van der Waals surface area contributed by atoms with E-state index in [1.54, 1.807) is 33.4 Å². The second-order valence-electron chi connectivity index (χ2n) is 26.5. The molecule has 2 aliphatic heterocycles. The number of benzene rings is 2. The summed E-state index contributed by atoms with van der Waals surface area (Å²) in [5.41, 5.74) is 5.53. The van der Waals surface area contributed by atoms with Crippen LogP contribution in [0.4, 0.5) is 21.0 Å². The minimum atomic E-state index is -1.11. The van der Waals surface area contributed by atoms with Crippen LogP contribution in [0.5, 0.6) is 0 Å². The summed E-state index contributed by atoms with van der Waals surface area (Å²) in [4.78, 5) is 66.0. The molecule has 0 bridgehead atoms. The fraction of sp³-hybridized carbons (Fsp3) is 0.548. The summed E-state index contributed by atoms with van der Waals surface area (Å²) >= 11 is 2.15. The summed E-state index contributed by atoms with van der Waals surface area (Å²) in [6.07, 6.45) is 7.66. The van der Waals surface area contributed by atoms with Crippen LogP contribution < -0.4 is 66.5 Å². The van der Waals surface area contributed by atoms with Crippen molar-refractivity contribution in [3.63, 3.8) is 0 Å². The molecule has 19 nitrogen and oxygen atoms in total. The number of ether oxygens (including phenoxy) is 2. The number of nitrogens with zero attached hydrogens (tertiary/aromatic N) is 10. The Bertz CT molecular complexity index is 3230. The quantitative estimate of drug-likeness (QED) is 0.0524. The van der Waals surface area contributed by atoms with Crippen molar-refractivity contribution in [2.45, 2.75) is 155 Å². The van der Waals surface area contributed by atoms with Crippen LogP contribution in [0, 0.1) is 11.8 Å². The van der Waals surface area contributed by atoms with Gasteiger partial charge in [-0.2, -0.15) is 10.2 Å². The van der Waals surface area contributed by atoms with Gasteiger partial charge in [-0.05, 0) is 133 Å². The van der Waals surface area contributed by atoms with Gasteiger partial charge in [0.05, 0.1) is 44.9 Å². The SMILES string of the molecule is CC(C)(C)OC(=O)NC[C@@H]1CCN(c2cc(C(=O)O)nc3c2c(C2CCC2)nn3-c2ccccc2)C1.CI.CN(C[C@@H]1CCN(c2cc(C(=O)O)nc3c2c(C2CCC2)nn3-c2ccccc2)C1)C(=O)OC(C)(C)C.C[Si](C)(C)[N-][Si](C)(C)C.[K+]. The van der Waals surface area contributed by atoms with Gasteiger partial charge in [-0.3, -0.25) is 0 Å². The van der Waals surface area contributed by atoms with Crippen LogP contribution in [0.15, 0.2) is 72.8 Å². The third-order valence-electron chi connectivity index (χ3n) is 14.8. The molecule has 3 N–H and O–H groups in total. The van der Waals surface area contributed by atoms with Gasteiger partial charge in [0.2, 0.25) is 0 Å². The second kappa shape index (κ2) is 29.7. The number of alkyl carbamates (subject to hydrolysis) is 1. The maximum atomic E-state index is 12.5. The predicted molar refractivity (Wildman–Crippen MR) is 349 cm³/mol. The molecule has 6 aromatic rings. The van der Waals surface area contributed by atoms with Crippen LogP contribution in [-0.2, 0) is 9.47 Å². The smallest absolute Gasteiger partial charge is 0.668 e. The molecule has 4 aromatic heterocycles. The van der Waals surface area contributed by atoms with E-state index in [9.17, 15) is 29.4 Å². The van der Waals surface area contributed by atoms with E-state index in [-0.39, 0.29) is 80.7 Å². The number of hydrogen-bond acceptors (Lipinski definition) is 12. The summed E-state index contributed by atoms with van der Waals surface area (Å²) in [5, 5.41) is 34.5. The van der Waals surface area contributed by atoms with Gasteiger partial charge in [-0.15, -0.1) is 0 Å². The molecular weight excluding hydrogens is 1250 g/mol. The topological polar surface area (TPSA) is 224 Å². The molecule has 4 aliphatic rings. The molecule has 6 heterocycles. The maximum absolute atomic E-state index is 12.5. The number of carboxylic acids is 2. The molecule has 85 heavy (non-hydrogen) atoms. The zero-order valence-corrected chi connectivity index (χ0v) is 60.1. The molecule has 0 spiro atoms. The summed E-state index contributed by atoms with van der Waals surface area (Å²) in [7, 11) is -0.445. The molecule has 2 atom stereocenters. The number of nitrogens with one attached hydrogen (secondary N) is 1. The first-order chi connectivity index (χ1) is 39.5. The zero-order chi connectivity index (χ0) is 61.5. The number of amides is 2. The third kappa shape index (κ3) is 19.0. The van der Waals surface area contributed by atoms with Gasteiger partial charge in [0.15, 0.2) is 22.7 Å². The molecule has 0 radical (unpaired) electrons. The van der Waals surface area contributed by atoms with Crippen LogP contribution in [-0.4, -0.2) is 148 Å². The van der Waals surface area contributed by atoms with E-state index in [1.807, 2.05) is 107 Å². The molecule has 2 saturated carbocycles. The fourth-order valence-corrected chi connectivity index (χ4v) is 19.2. The number of fused-ring (bicyclic) bond motifs is 2. The van der Waals surface area contributed by atoms with Gasteiger partial charge >= 0.3 is 75.5 Å².